The van der Waals surface area contributed by atoms with Gasteiger partial charge in [0, 0.05) is 22.6 Å². The fourth-order valence-electron chi connectivity index (χ4n) is 9.42. The number of aromatic nitrogens is 2. The van der Waals surface area contributed by atoms with Crippen molar-refractivity contribution in [1.82, 2.24) is 9.97 Å². The van der Waals surface area contributed by atoms with Crippen molar-refractivity contribution < 1.29 is 0 Å². The Bertz CT molecular complexity index is 3320. The fourth-order valence-corrected chi connectivity index (χ4v) is 9.42. The standard InChI is InChI=1S/C64H46N2/c1-7-21-45(22-8-1)47-35-39-50(40-36-47)59-44-60(66-64(65-59)54-41-37-48(38-42-54)46-23-9-2-10-24-46)56-34-20-19-33-55(56)58-43-57(49-25-11-3-12-26-49)61(51-27-13-4-14-28-51)63(53-31-17-6-18-32-53)62(58)52-29-15-5-16-30-52/h1-23,25-44,46H,24H2. The molecule has 1 unspecified atom stereocenters. The molecular formula is C64H46N2. The average molecular weight is 843 g/mol. The predicted octanol–water partition coefficient (Wildman–Crippen LogP) is 17.1. The summed E-state index contributed by atoms with van der Waals surface area (Å²) in [4.78, 5) is 10.8. The lowest BCUT2D eigenvalue weighted by atomic mass is 9.78. The maximum absolute atomic E-state index is 5.49. The number of rotatable bonds is 10. The minimum absolute atomic E-state index is 0.357. The van der Waals surface area contributed by atoms with Crippen LogP contribution in [-0.4, -0.2) is 9.97 Å². The van der Waals surface area contributed by atoms with E-state index in [9.17, 15) is 0 Å². The molecule has 312 valence electrons. The van der Waals surface area contributed by atoms with Gasteiger partial charge in [-0.05, 0) is 90.9 Å². The first-order valence-electron chi connectivity index (χ1n) is 22.8. The van der Waals surface area contributed by atoms with E-state index < -0.39 is 0 Å². The number of hydrogen-bond acceptors (Lipinski definition) is 2. The van der Waals surface area contributed by atoms with Crippen LogP contribution in [0.4, 0.5) is 0 Å². The molecule has 0 aliphatic heterocycles. The van der Waals surface area contributed by atoms with Crippen LogP contribution in [0, 0.1) is 0 Å². The molecule has 1 heterocycles. The molecule has 2 nitrogen and oxygen atoms in total. The van der Waals surface area contributed by atoms with Crippen LogP contribution in [-0.2, 0) is 0 Å². The highest BCUT2D eigenvalue weighted by Gasteiger charge is 2.25. The van der Waals surface area contributed by atoms with Crippen LogP contribution in [0.15, 0.2) is 261 Å². The molecule has 9 aromatic carbocycles. The second-order valence-electron chi connectivity index (χ2n) is 16.8. The van der Waals surface area contributed by atoms with Gasteiger partial charge < -0.3 is 0 Å². The molecule has 2 heteroatoms. The summed E-state index contributed by atoms with van der Waals surface area (Å²) in [5.41, 5.74) is 19.9. The summed E-state index contributed by atoms with van der Waals surface area (Å²) in [6.07, 6.45) is 9.79. The highest BCUT2D eigenvalue weighted by molar-refractivity contribution is 6.08. The minimum Gasteiger partial charge on any atom is -0.228 e. The van der Waals surface area contributed by atoms with Gasteiger partial charge in [-0.15, -0.1) is 0 Å². The summed E-state index contributed by atoms with van der Waals surface area (Å²) >= 11 is 0. The Balaban J connectivity index is 1.17. The summed E-state index contributed by atoms with van der Waals surface area (Å²) in [6, 6.07) is 84.9. The van der Waals surface area contributed by atoms with Crippen molar-refractivity contribution in [3.63, 3.8) is 0 Å². The molecule has 1 aliphatic rings. The summed E-state index contributed by atoms with van der Waals surface area (Å²) < 4.78 is 0. The van der Waals surface area contributed by atoms with E-state index in [-0.39, 0.29) is 0 Å². The van der Waals surface area contributed by atoms with Gasteiger partial charge in [-0.3, -0.25) is 0 Å². The summed E-state index contributed by atoms with van der Waals surface area (Å²) in [6.45, 7) is 0. The monoisotopic (exact) mass is 842 g/mol. The van der Waals surface area contributed by atoms with Gasteiger partial charge in [-0.2, -0.15) is 0 Å². The largest absolute Gasteiger partial charge is 0.228 e. The van der Waals surface area contributed by atoms with Crippen LogP contribution in [0.2, 0.25) is 0 Å². The predicted molar refractivity (Wildman–Crippen MR) is 277 cm³/mol. The third-order valence-electron chi connectivity index (χ3n) is 12.7. The molecule has 0 spiro atoms. The lowest BCUT2D eigenvalue weighted by Crippen LogP contribution is -2.00. The second-order valence-corrected chi connectivity index (χ2v) is 16.8. The Hall–Kier alpha value is -8.46. The zero-order chi connectivity index (χ0) is 44.1. The van der Waals surface area contributed by atoms with Crippen molar-refractivity contribution in [1.29, 1.82) is 0 Å². The summed E-state index contributed by atoms with van der Waals surface area (Å²) in [5, 5.41) is 0. The molecule has 0 saturated heterocycles. The number of benzene rings is 9. The third-order valence-corrected chi connectivity index (χ3v) is 12.7. The van der Waals surface area contributed by atoms with Gasteiger partial charge in [0.2, 0.25) is 0 Å². The van der Waals surface area contributed by atoms with E-state index in [0.29, 0.717) is 11.7 Å². The first kappa shape index (κ1) is 40.3. The van der Waals surface area contributed by atoms with Crippen LogP contribution in [0.25, 0.3) is 101 Å². The molecule has 0 N–H and O–H groups in total. The van der Waals surface area contributed by atoms with E-state index in [1.54, 1.807) is 0 Å². The lowest BCUT2D eigenvalue weighted by molar-refractivity contribution is 0.854. The maximum Gasteiger partial charge on any atom is 0.160 e. The second kappa shape index (κ2) is 18.3. The van der Waals surface area contributed by atoms with Crippen LogP contribution < -0.4 is 0 Å². The van der Waals surface area contributed by atoms with E-state index in [0.717, 1.165) is 79.0 Å². The molecule has 0 radical (unpaired) electrons. The van der Waals surface area contributed by atoms with E-state index in [1.807, 2.05) is 0 Å². The summed E-state index contributed by atoms with van der Waals surface area (Å²) in [7, 11) is 0. The van der Waals surface area contributed by atoms with Gasteiger partial charge >= 0.3 is 0 Å². The molecular weight excluding hydrogens is 797 g/mol. The topological polar surface area (TPSA) is 25.8 Å². The first-order valence-corrected chi connectivity index (χ1v) is 22.8. The molecule has 11 rings (SSSR count). The van der Waals surface area contributed by atoms with Crippen LogP contribution in [0.5, 0.6) is 0 Å². The van der Waals surface area contributed by atoms with Gasteiger partial charge in [0.05, 0.1) is 11.4 Å². The Morgan fingerprint density at radius 2 is 0.758 bits per heavy atom. The van der Waals surface area contributed by atoms with Crippen LogP contribution >= 0.6 is 0 Å². The Labute approximate surface area is 387 Å². The normalized spacial score (nSPS) is 13.1. The van der Waals surface area contributed by atoms with Crippen molar-refractivity contribution in [2.24, 2.45) is 0 Å². The Morgan fingerprint density at radius 3 is 1.33 bits per heavy atom. The number of nitrogens with zero attached hydrogens (tertiary/aromatic N) is 2. The van der Waals surface area contributed by atoms with Gasteiger partial charge in [0.1, 0.15) is 0 Å². The fraction of sp³-hybridized carbons (Fsp3) is 0.0312. The van der Waals surface area contributed by atoms with Gasteiger partial charge in [-0.25, -0.2) is 9.97 Å². The molecule has 1 aromatic heterocycles. The number of allylic oxidation sites excluding steroid dienone is 4. The van der Waals surface area contributed by atoms with Crippen LogP contribution in [0.3, 0.4) is 0 Å². The molecule has 0 fully saturated rings. The zero-order valence-corrected chi connectivity index (χ0v) is 36.5. The van der Waals surface area contributed by atoms with Gasteiger partial charge in [-0.1, -0.05) is 249 Å². The quantitative estimate of drug-likeness (QED) is 0.137. The lowest BCUT2D eigenvalue weighted by Gasteiger charge is -2.25. The Morgan fingerprint density at radius 1 is 0.303 bits per heavy atom. The van der Waals surface area contributed by atoms with Crippen molar-refractivity contribution in [2.45, 2.75) is 12.3 Å². The van der Waals surface area contributed by atoms with Crippen molar-refractivity contribution in [2.75, 3.05) is 0 Å². The van der Waals surface area contributed by atoms with Gasteiger partial charge in [0.15, 0.2) is 5.82 Å². The van der Waals surface area contributed by atoms with E-state index in [2.05, 4.69) is 261 Å². The molecule has 0 amide bonds. The smallest absolute Gasteiger partial charge is 0.160 e. The van der Waals surface area contributed by atoms with Crippen molar-refractivity contribution in [3.8, 4) is 101 Å². The molecule has 10 aromatic rings. The van der Waals surface area contributed by atoms with E-state index in [4.69, 9.17) is 9.97 Å². The first-order chi connectivity index (χ1) is 32.7. The van der Waals surface area contributed by atoms with E-state index >= 15 is 0 Å². The molecule has 1 atom stereocenters. The number of hydrogen-bond donors (Lipinski definition) is 0. The highest BCUT2D eigenvalue weighted by atomic mass is 14.9. The maximum atomic E-state index is 5.49. The molecule has 0 bridgehead atoms. The van der Waals surface area contributed by atoms with Crippen molar-refractivity contribution in [3.05, 3.63) is 266 Å². The molecule has 66 heavy (non-hydrogen) atoms. The minimum atomic E-state index is 0.357. The van der Waals surface area contributed by atoms with Crippen LogP contribution in [0.1, 0.15) is 17.9 Å². The SMILES string of the molecule is C1=CCC(c2ccc(-c3nc(-c4ccc(-c5ccccc5)cc4)cc(-c4ccccc4-c4cc(-c5ccccc5)c(-c5ccccc5)c(-c5ccccc5)c4-c4ccccc4)n3)cc2)C=C1. The Kier molecular flexibility index (Phi) is 11.2. The molecule has 0 saturated carbocycles. The summed E-state index contributed by atoms with van der Waals surface area (Å²) in [5.74, 6) is 1.04. The average Bonchev–Trinajstić information content (AvgIpc) is 3.41. The van der Waals surface area contributed by atoms with E-state index in [1.165, 1.54) is 27.8 Å². The molecule has 1 aliphatic carbocycles. The zero-order valence-electron chi connectivity index (χ0n) is 36.5. The third kappa shape index (κ3) is 8.13. The van der Waals surface area contributed by atoms with Crippen molar-refractivity contribution >= 4 is 0 Å². The highest BCUT2D eigenvalue weighted by Crippen LogP contribution is 2.51. The van der Waals surface area contributed by atoms with Gasteiger partial charge in [0.25, 0.3) is 0 Å².